The number of thiazole rings is 1. The van der Waals surface area contributed by atoms with Crippen LogP contribution in [0.5, 0.6) is 0 Å². The Labute approximate surface area is 129 Å². The number of rotatable bonds is 5. The highest BCUT2D eigenvalue weighted by Gasteiger charge is 2.33. The van der Waals surface area contributed by atoms with Crippen LogP contribution >= 0.6 is 11.3 Å². The van der Waals surface area contributed by atoms with Gasteiger partial charge in [0.2, 0.25) is 0 Å². The van der Waals surface area contributed by atoms with Crippen LogP contribution in [0.1, 0.15) is 9.67 Å². The minimum Gasteiger partial charge on any atom is -0.325 e. The number of carbonyl (C=O) groups excluding carboxylic acids is 1. The number of benzene rings is 1. The molecule has 0 aliphatic heterocycles. The van der Waals surface area contributed by atoms with Crippen LogP contribution in [0.4, 0.5) is 13.2 Å². The molecule has 1 aromatic heterocycles. The largest absolute Gasteiger partial charge is 0.406 e. The maximum atomic E-state index is 12.5. The third-order valence-electron chi connectivity index (χ3n) is 2.74. The Morgan fingerprint density at radius 1 is 1.32 bits per heavy atom. The normalized spacial score (nSPS) is 11.2. The van der Waals surface area contributed by atoms with Gasteiger partial charge in [0, 0.05) is 12.1 Å². The number of halogens is 3. The maximum Gasteiger partial charge on any atom is 0.406 e. The Bertz CT molecular complexity index is 652. The van der Waals surface area contributed by atoms with Crippen LogP contribution in [0.3, 0.4) is 0 Å². The average Bonchev–Trinajstić information content (AvgIpc) is 2.95. The topological polar surface area (TPSA) is 33.2 Å². The molecule has 0 N–H and O–H groups in total. The smallest absolute Gasteiger partial charge is 0.325 e. The van der Waals surface area contributed by atoms with Crippen molar-refractivity contribution in [1.29, 1.82) is 0 Å². The second-order valence-corrected chi connectivity index (χ2v) is 5.52. The van der Waals surface area contributed by atoms with E-state index in [9.17, 15) is 18.0 Å². The number of aromatic nitrogens is 1. The summed E-state index contributed by atoms with van der Waals surface area (Å²) in [7, 11) is 0. The minimum absolute atomic E-state index is 0.170. The van der Waals surface area contributed by atoms with E-state index < -0.39 is 18.6 Å². The third kappa shape index (κ3) is 4.17. The lowest BCUT2D eigenvalue weighted by molar-refractivity contribution is -0.139. The molecule has 2 rings (SSSR count). The van der Waals surface area contributed by atoms with E-state index in [0.29, 0.717) is 9.91 Å². The van der Waals surface area contributed by atoms with Gasteiger partial charge in [0.25, 0.3) is 5.91 Å². The van der Waals surface area contributed by atoms with Crippen LogP contribution in [0.15, 0.2) is 49.2 Å². The predicted molar refractivity (Wildman–Crippen MR) is 79.7 cm³/mol. The monoisotopic (exact) mass is 326 g/mol. The standard InChI is InChI=1S/C15H13F3N2OS/c1-2-8-20(10-15(16,17)18)14(21)12-9-19-13(22-12)11-6-4-3-5-7-11/h2-7,9H,1,8,10H2. The summed E-state index contributed by atoms with van der Waals surface area (Å²) in [5.41, 5.74) is 0.817. The van der Waals surface area contributed by atoms with Crippen LogP contribution in [0, 0.1) is 0 Å². The second kappa shape index (κ2) is 6.74. The zero-order valence-electron chi connectivity index (χ0n) is 11.5. The molecule has 0 aliphatic carbocycles. The quantitative estimate of drug-likeness (QED) is 0.778. The molecule has 0 unspecified atom stereocenters. The predicted octanol–water partition coefficient (Wildman–Crippen LogP) is 4.00. The van der Waals surface area contributed by atoms with Gasteiger partial charge in [-0.15, -0.1) is 17.9 Å². The molecule has 3 nitrogen and oxygen atoms in total. The molecule has 0 bridgehead atoms. The van der Waals surface area contributed by atoms with Crippen LogP contribution in [-0.4, -0.2) is 35.1 Å². The average molecular weight is 326 g/mol. The molecule has 0 radical (unpaired) electrons. The van der Waals surface area contributed by atoms with Gasteiger partial charge in [0.05, 0.1) is 6.20 Å². The summed E-state index contributed by atoms with van der Waals surface area (Å²) >= 11 is 1.07. The highest BCUT2D eigenvalue weighted by atomic mass is 32.1. The zero-order valence-corrected chi connectivity index (χ0v) is 12.3. The van der Waals surface area contributed by atoms with E-state index in [2.05, 4.69) is 11.6 Å². The summed E-state index contributed by atoms with van der Waals surface area (Å²) < 4.78 is 37.6. The van der Waals surface area contributed by atoms with Gasteiger partial charge in [-0.25, -0.2) is 4.98 Å². The number of alkyl halides is 3. The van der Waals surface area contributed by atoms with Gasteiger partial charge in [0.15, 0.2) is 0 Å². The Morgan fingerprint density at radius 2 is 2.00 bits per heavy atom. The molecule has 0 saturated carbocycles. The van der Waals surface area contributed by atoms with Gasteiger partial charge in [-0.1, -0.05) is 36.4 Å². The molecule has 0 saturated heterocycles. The minimum atomic E-state index is -4.45. The molecule has 0 spiro atoms. The summed E-state index contributed by atoms with van der Waals surface area (Å²) in [6.45, 7) is 1.91. The van der Waals surface area contributed by atoms with Crippen LogP contribution in [-0.2, 0) is 0 Å². The first-order valence-corrected chi connectivity index (χ1v) is 7.20. The van der Waals surface area contributed by atoms with Crippen molar-refractivity contribution in [2.24, 2.45) is 0 Å². The fraction of sp³-hybridized carbons (Fsp3) is 0.200. The summed E-state index contributed by atoms with van der Waals surface area (Å²) in [5, 5.41) is 0.592. The first-order valence-electron chi connectivity index (χ1n) is 6.39. The van der Waals surface area contributed by atoms with Crippen molar-refractivity contribution in [2.45, 2.75) is 6.18 Å². The molecular formula is C15H13F3N2OS. The van der Waals surface area contributed by atoms with Crippen LogP contribution < -0.4 is 0 Å². The SMILES string of the molecule is C=CCN(CC(F)(F)F)C(=O)c1cnc(-c2ccccc2)s1. The molecule has 22 heavy (non-hydrogen) atoms. The van der Waals surface area contributed by atoms with Crippen molar-refractivity contribution in [3.05, 3.63) is 54.1 Å². The van der Waals surface area contributed by atoms with E-state index in [1.165, 1.54) is 12.3 Å². The number of hydrogen-bond donors (Lipinski definition) is 0. The summed E-state index contributed by atoms with van der Waals surface area (Å²) in [6, 6.07) is 9.14. The number of nitrogens with zero attached hydrogens (tertiary/aromatic N) is 2. The molecule has 1 heterocycles. The molecule has 1 amide bonds. The van der Waals surface area contributed by atoms with E-state index >= 15 is 0 Å². The van der Waals surface area contributed by atoms with Crippen molar-refractivity contribution >= 4 is 17.2 Å². The van der Waals surface area contributed by atoms with E-state index in [1.807, 2.05) is 30.3 Å². The van der Waals surface area contributed by atoms with Gasteiger partial charge in [-0.3, -0.25) is 4.79 Å². The van der Waals surface area contributed by atoms with Crippen LogP contribution in [0.2, 0.25) is 0 Å². The lowest BCUT2D eigenvalue weighted by atomic mass is 10.2. The summed E-state index contributed by atoms with van der Waals surface area (Å²) in [4.78, 5) is 17.2. The van der Waals surface area contributed by atoms with Crippen molar-refractivity contribution in [3.8, 4) is 10.6 Å². The number of carbonyl (C=O) groups is 1. The summed E-state index contributed by atoms with van der Waals surface area (Å²) in [6.07, 6.45) is -1.88. The maximum absolute atomic E-state index is 12.5. The van der Waals surface area contributed by atoms with Crippen molar-refractivity contribution in [3.63, 3.8) is 0 Å². The summed E-state index contributed by atoms with van der Waals surface area (Å²) in [5.74, 6) is -0.697. The fourth-order valence-electron chi connectivity index (χ4n) is 1.83. The first kappa shape index (κ1) is 16.2. The molecule has 0 fully saturated rings. The second-order valence-electron chi connectivity index (χ2n) is 4.49. The van der Waals surface area contributed by atoms with Crippen molar-refractivity contribution < 1.29 is 18.0 Å². The lowest BCUT2D eigenvalue weighted by Crippen LogP contribution is -2.38. The Balaban J connectivity index is 2.21. The highest BCUT2D eigenvalue weighted by molar-refractivity contribution is 7.16. The third-order valence-corrected chi connectivity index (χ3v) is 3.78. The fourth-order valence-corrected chi connectivity index (χ4v) is 2.72. The van der Waals surface area contributed by atoms with E-state index in [-0.39, 0.29) is 11.4 Å². The van der Waals surface area contributed by atoms with Crippen molar-refractivity contribution in [1.82, 2.24) is 9.88 Å². The molecule has 1 aromatic carbocycles. The van der Waals surface area contributed by atoms with Gasteiger partial charge in [-0.2, -0.15) is 13.2 Å². The van der Waals surface area contributed by atoms with Crippen LogP contribution in [0.25, 0.3) is 10.6 Å². The molecular weight excluding hydrogens is 313 g/mol. The highest BCUT2D eigenvalue weighted by Crippen LogP contribution is 2.26. The van der Waals surface area contributed by atoms with Gasteiger partial charge in [-0.05, 0) is 0 Å². The van der Waals surface area contributed by atoms with Gasteiger partial charge in [0.1, 0.15) is 16.4 Å². The molecule has 116 valence electrons. The van der Waals surface area contributed by atoms with E-state index in [0.717, 1.165) is 16.9 Å². The zero-order chi connectivity index (χ0) is 16.2. The van der Waals surface area contributed by atoms with E-state index in [4.69, 9.17) is 0 Å². The molecule has 0 atom stereocenters. The Hall–Kier alpha value is -2.15. The molecule has 0 aliphatic rings. The molecule has 2 aromatic rings. The van der Waals surface area contributed by atoms with E-state index in [1.54, 1.807) is 0 Å². The van der Waals surface area contributed by atoms with Crippen molar-refractivity contribution in [2.75, 3.05) is 13.1 Å². The number of hydrogen-bond acceptors (Lipinski definition) is 3. The van der Waals surface area contributed by atoms with Gasteiger partial charge >= 0.3 is 6.18 Å². The molecule has 7 heteroatoms. The Morgan fingerprint density at radius 3 is 2.59 bits per heavy atom. The Kier molecular flexibility index (Phi) is 4.97. The first-order chi connectivity index (χ1) is 10.4. The van der Waals surface area contributed by atoms with Gasteiger partial charge < -0.3 is 4.90 Å². The number of amides is 1. The lowest BCUT2D eigenvalue weighted by Gasteiger charge is -2.21.